The molecule has 0 bridgehead atoms. The molecule has 1 aromatic carbocycles. The molecule has 1 atom stereocenters. The van der Waals surface area contributed by atoms with E-state index < -0.39 is 0 Å². The van der Waals surface area contributed by atoms with E-state index in [2.05, 4.69) is 43.2 Å². The van der Waals surface area contributed by atoms with Gasteiger partial charge >= 0.3 is 0 Å². The van der Waals surface area contributed by atoms with E-state index in [4.69, 9.17) is 0 Å². The number of rotatable bonds is 7. The maximum atomic E-state index is 13.1. The number of aromatic nitrogens is 2. The van der Waals surface area contributed by atoms with E-state index >= 15 is 0 Å². The van der Waals surface area contributed by atoms with E-state index in [1.807, 2.05) is 18.4 Å². The number of aryl methyl sites for hydroxylation is 2. The number of hydrogen-bond acceptors (Lipinski definition) is 5. The van der Waals surface area contributed by atoms with Gasteiger partial charge in [-0.3, -0.25) is 14.2 Å². The van der Waals surface area contributed by atoms with Gasteiger partial charge in [0.05, 0.1) is 11.1 Å². The highest BCUT2D eigenvalue weighted by atomic mass is 32.2. The van der Waals surface area contributed by atoms with Gasteiger partial charge in [-0.2, -0.15) is 0 Å². The average molecular weight is 430 g/mol. The van der Waals surface area contributed by atoms with Crippen molar-refractivity contribution in [3.05, 3.63) is 45.1 Å². The molecule has 0 radical (unpaired) electrons. The summed E-state index contributed by atoms with van der Waals surface area (Å²) in [7, 11) is 1.72. The SMILES string of the molecule is CCCC(C)NC(=O)CSc1nc2scc(-c3ccc(C)c(C)c3)c2c(=O)n1C. The summed E-state index contributed by atoms with van der Waals surface area (Å²) in [4.78, 5) is 30.6. The van der Waals surface area contributed by atoms with Crippen LogP contribution < -0.4 is 10.9 Å². The summed E-state index contributed by atoms with van der Waals surface area (Å²) in [6, 6.07) is 6.40. The van der Waals surface area contributed by atoms with Crippen molar-refractivity contribution in [2.45, 2.75) is 51.7 Å². The molecule has 3 rings (SSSR count). The van der Waals surface area contributed by atoms with Crippen LogP contribution in [0.15, 0.2) is 33.5 Å². The second-order valence-electron chi connectivity index (χ2n) is 7.43. The first-order valence-corrected chi connectivity index (χ1v) is 11.7. The predicted molar refractivity (Wildman–Crippen MR) is 123 cm³/mol. The zero-order chi connectivity index (χ0) is 21.1. The number of carbonyl (C=O) groups excluding carboxylic acids is 1. The first kappa shape index (κ1) is 21.6. The van der Waals surface area contributed by atoms with Crippen molar-refractivity contribution >= 4 is 39.2 Å². The molecule has 0 aliphatic heterocycles. The van der Waals surface area contributed by atoms with Crippen LogP contribution in [0.2, 0.25) is 0 Å². The smallest absolute Gasteiger partial charge is 0.263 e. The number of hydrogen-bond donors (Lipinski definition) is 1. The Morgan fingerprint density at radius 1 is 1.31 bits per heavy atom. The van der Waals surface area contributed by atoms with Crippen molar-refractivity contribution in [3.63, 3.8) is 0 Å². The summed E-state index contributed by atoms with van der Waals surface area (Å²) >= 11 is 2.77. The highest BCUT2D eigenvalue weighted by molar-refractivity contribution is 7.99. The molecule has 2 aromatic heterocycles. The molecule has 3 aromatic rings. The van der Waals surface area contributed by atoms with E-state index in [9.17, 15) is 9.59 Å². The minimum Gasteiger partial charge on any atom is -0.353 e. The fourth-order valence-electron chi connectivity index (χ4n) is 3.26. The third-order valence-electron chi connectivity index (χ3n) is 5.05. The van der Waals surface area contributed by atoms with E-state index in [0.717, 1.165) is 24.0 Å². The molecule has 0 aliphatic carbocycles. The lowest BCUT2D eigenvalue weighted by atomic mass is 10.0. The Bertz CT molecular complexity index is 1100. The maximum absolute atomic E-state index is 13.1. The lowest BCUT2D eigenvalue weighted by molar-refractivity contribution is -0.119. The molecule has 1 amide bonds. The standard InChI is InChI=1S/C22H27N3O2S2/c1-6-7-15(4)23-18(26)12-29-22-24-20-19(21(27)25(22)5)17(11-28-20)16-9-8-13(2)14(3)10-16/h8-11,15H,6-7,12H2,1-5H3,(H,23,26). The molecule has 1 N–H and O–H groups in total. The molecule has 0 spiro atoms. The largest absolute Gasteiger partial charge is 0.353 e. The third kappa shape index (κ3) is 4.73. The van der Waals surface area contributed by atoms with Gasteiger partial charge in [0.25, 0.3) is 5.56 Å². The Morgan fingerprint density at radius 3 is 2.76 bits per heavy atom. The monoisotopic (exact) mass is 429 g/mol. The van der Waals surface area contributed by atoms with Crippen LogP contribution in [0.1, 0.15) is 37.8 Å². The van der Waals surface area contributed by atoms with E-state index in [1.165, 1.54) is 34.2 Å². The first-order valence-electron chi connectivity index (χ1n) is 9.79. The highest BCUT2D eigenvalue weighted by Crippen LogP contribution is 2.32. The summed E-state index contributed by atoms with van der Waals surface area (Å²) in [5, 5.41) is 6.19. The summed E-state index contributed by atoms with van der Waals surface area (Å²) in [5.74, 6) is 0.210. The fourth-order valence-corrected chi connectivity index (χ4v) is 5.03. The molecular weight excluding hydrogens is 402 g/mol. The normalized spacial score (nSPS) is 12.3. The molecule has 0 fully saturated rings. The third-order valence-corrected chi connectivity index (χ3v) is 6.96. The van der Waals surface area contributed by atoms with Crippen molar-refractivity contribution in [1.29, 1.82) is 0 Å². The molecule has 0 aliphatic rings. The Kier molecular flexibility index (Phi) is 6.80. The lowest BCUT2D eigenvalue weighted by Gasteiger charge is -2.13. The van der Waals surface area contributed by atoms with E-state index in [0.29, 0.717) is 15.4 Å². The van der Waals surface area contributed by atoms with E-state index in [-0.39, 0.29) is 23.3 Å². The minimum atomic E-state index is -0.0771. The van der Waals surface area contributed by atoms with Gasteiger partial charge < -0.3 is 5.32 Å². The Labute approximate surface area is 179 Å². The number of benzene rings is 1. The van der Waals surface area contributed by atoms with Gasteiger partial charge in [-0.25, -0.2) is 4.98 Å². The Balaban J connectivity index is 1.87. The second-order valence-corrected chi connectivity index (χ2v) is 9.23. The fraction of sp³-hybridized carbons (Fsp3) is 0.409. The van der Waals surface area contributed by atoms with Crippen LogP contribution in [0, 0.1) is 13.8 Å². The number of carbonyl (C=O) groups is 1. The van der Waals surface area contributed by atoms with Gasteiger partial charge in [0.2, 0.25) is 5.91 Å². The number of nitrogens with zero attached hydrogens (tertiary/aromatic N) is 2. The molecule has 0 saturated heterocycles. The Morgan fingerprint density at radius 2 is 2.07 bits per heavy atom. The number of amides is 1. The van der Waals surface area contributed by atoms with Crippen molar-refractivity contribution in [3.8, 4) is 11.1 Å². The minimum absolute atomic E-state index is 0.0349. The summed E-state index contributed by atoms with van der Waals surface area (Å²) in [5.41, 5.74) is 4.30. The molecule has 0 saturated carbocycles. The number of fused-ring (bicyclic) bond motifs is 1. The van der Waals surface area contributed by atoms with Gasteiger partial charge in [-0.1, -0.05) is 43.3 Å². The van der Waals surface area contributed by atoms with Crippen molar-refractivity contribution in [1.82, 2.24) is 14.9 Å². The van der Waals surface area contributed by atoms with Crippen LogP contribution in [0.5, 0.6) is 0 Å². The van der Waals surface area contributed by atoms with Gasteiger partial charge in [0.15, 0.2) is 5.16 Å². The maximum Gasteiger partial charge on any atom is 0.263 e. The second kappa shape index (κ2) is 9.13. The van der Waals surface area contributed by atoms with Crippen molar-refractivity contribution in [2.24, 2.45) is 7.05 Å². The molecule has 2 heterocycles. The number of nitrogens with one attached hydrogen (secondary N) is 1. The molecule has 154 valence electrons. The van der Waals surface area contributed by atoms with Gasteiger partial charge in [-0.15, -0.1) is 11.3 Å². The van der Waals surface area contributed by atoms with Crippen LogP contribution in [-0.2, 0) is 11.8 Å². The molecule has 29 heavy (non-hydrogen) atoms. The molecule has 5 nitrogen and oxygen atoms in total. The van der Waals surface area contributed by atoms with Crippen LogP contribution in [0.25, 0.3) is 21.3 Å². The number of thioether (sulfide) groups is 1. The van der Waals surface area contributed by atoms with Gasteiger partial charge in [0, 0.05) is 24.0 Å². The van der Waals surface area contributed by atoms with Crippen LogP contribution in [0.4, 0.5) is 0 Å². The Hall–Kier alpha value is -2.12. The summed E-state index contributed by atoms with van der Waals surface area (Å²) < 4.78 is 1.55. The predicted octanol–water partition coefficient (Wildman–Crippen LogP) is 4.68. The molecule has 1 unspecified atom stereocenters. The van der Waals surface area contributed by atoms with Crippen molar-refractivity contribution < 1.29 is 4.79 Å². The average Bonchev–Trinajstić information content (AvgIpc) is 3.10. The van der Waals surface area contributed by atoms with Gasteiger partial charge in [-0.05, 0) is 43.9 Å². The van der Waals surface area contributed by atoms with Crippen molar-refractivity contribution in [2.75, 3.05) is 5.75 Å². The molecular formula is C22H27N3O2S2. The van der Waals surface area contributed by atoms with Gasteiger partial charge in [0.1, 0.15) is 4.83 Å². The van der Waals surface area contributed by atoms with Crippen LogP contribution in [0.3, 0.4) is 0 Å². The van der Waals surface area contributed by atoms with E-state index in [1.54, 1.807) is 11.6 Å². The summed E-state index contributed by atoms with van der Waals surface area (Å²) in [6.07, 6.45) is 1.98. The first-order chi connectivity index (χ1) is 13.8. The number of thiophene rings is 1. The van der Waals surface area contributed by atoms with Crippen LogP contribution >= 0.6 is 23.1 Å². The zero-order valence-electron chi connectivity index (χ0n) is 17.5. The highest BCUT2D eigenvalue weighted by Gasteiger charge is 2.17. The lowest BCUT2D eigenvalue weighted by Crippen LogP contribution is -2.33. The summed E-state index contributed by atoms with van der Waals surface area (Å²) in [6.45, 7) is 8.25. The quantitative estimate of drug-likeness (QED) is 0.438. The molecule has 7 heteroatoms. The zero-order valence-corrected chi connectivity index (χ0v) is 19.2. The van der Waals surface area contributed by atoms with Crippen LogP contribution in [-0.4, -0.2) is 27.3 Å². The topological polar surface area (TPSA) is 64.0 Å².